The van der Waals surface area contributed by atoms with Crippen molar-refractivity contribution in [1.82, 2.24) is 4.57 Å². The van der Waals surface area contributed by atoms with Gasteiger partial charge in [0.1, 0.15) is 0 Å². The van der Waals surface area contributed by atoms with Gasteiger partial charge in [-0.25, -0.2) is 12.2 Å². The predicted octanol–water partition coefficient (Wildman–Crippen LogP) is 6.65. The number of benzene rings is 1. The zero-order chi connectivity index (χ0) is 17.4. The van der Waals surface area contributed by atoms with E-state index in [2.05, 4.69) is 79.4 Å². The van der Waals surface area contributed by atoms with Gasteiger partial charge in [-0.2, -0.15) is 6.08 Å². The van der Waals surface area contributed by atoms with Crippen molar-refractivity contribution in [2.24, 2.45) is 0 Å². The molecule has 0 aliphatic heterocycles. The predicted molar refractivity (Wildman–Crippen MR) is 102 cm³/mol. The molecule has 0 atom stereocenters. The third-order valence-corrected chi connectivity index (χ3v) is 3.80. The van der Waals surface area contributed by atoms with E-state index in [0.29, 0.717) is 0 Å². The first-order valence-electron chi connectivity index (χ1n) is 7.65. The molecule has 1 aliphatic carbocycles. The van der Waals surface area contributed by atoms with Crippen LogP contribution in [0.5, 0.6) is 0 Å². The summed E-state index contributed by atoms with van der Waals surface area (Å²) in [4.78, 5) is 0. The van der Waals surface area contributed by atoms with Crippen LogP contribution in [0.3, 0.4) is 0 Å². The molecule has 0 spiro atoms. The monoisotopic (exact) mass is 391 g/mol. The van der Waals surface area contributed by atoms with E-state index in [1.807, 2.05) is 12.2 Å². The summed E-state index contributed by atoms with van der Waals surface area (Å²) in [6, 6.07) is 13.0. The Morgan fingerprint density at radius 3 is 2.29 bits per heavy atom. The molecule has 1 aliphatic rings. The second-order valence-electron chi connectivity index (χ2n) is 5.41. The topological polar surface area (TPSA) is 4.93 Å². The summed E-state index contributed by atoms with van der Waals surface area (Å²) in [7, 11) is 9.78. The van der Waals surface area contributed by atoms with Crippen molar-refractivity contribution >= 4 is 29.4 Å². The van der Waals surface area contributed by atoms with E-state index in [-0.39, 0.29) is 0 Å². The van der Waals surface area contributed by atoms with Gasteiger partial charge in [-0.3, -0.25) is 6.08 Å². The van der Waals surface area contributed by atoms with Crippen LogP contribution in [0, 0.1) is 19.9 Å². The SMILES string of the molecule is Cc1ccc(C)c2[cH-]c(-n3cccc3)cc12.[C-]1=CC=CC1.[Cl][Ti][Cl]. The first kappa shape index (κ1) is 19.2. The average Bonchev–Trinajstić information content (AvgIpc) is 3.35. The summed E-state index contributed by atoms with van der Waals surface area (Å²) in [6.07, 6.45) is 14.2. The Labute approximate surface area is 160 Å². The van der Waals surface area contributed by atoms with Gasteiger partial charge in [0.15, 0.2) is 0 Å². The molecule has 1 aromatic heterocycles. The van der Waals surface area contributed by atoms with Crippen LogP contribution < -0.4 is 0 Å². The number of halogens is 2. The van der Waals surface area contributed by atoms with Crippen LogP contribution in [-0.2, 0) is 17.0 Å². The van der Waals surface area contributed by atoms with Crippen LogP contribution >= 0.6 is 18.6 Å². The fraction of sp³-hybridized carbons (Fsp3) is 0.150. The van der Waals surface area contributed by atoms with Crippen LogP contribution in [0.2, 0.25) is 0 Å². The number of hydrogen-bond donors (Lipinski definition) is 0. The van der Waals surface area contributed by atoms with Crippen molar-refractivity contribution in [1.29, 1.82) is 0 Å². The summed E-state index contributed by atoms with van der Waals surface area (Å²) in [6.45, 7) is 4.34. The normalized spacial score (nSPS) is 11.7. The van der Waals surface area contributed by atoms with Crippen molar-refractivity contribution in [3.63, 3.8) is 0 Å². The number of aryl methyl sites for hydroxylation is 2. The Hall–Kier alpha value is -1.12. The number of rotatable bonds is 1. The average molecular weight is 392 g/mol. The third kappa shape index (κ3) is 5.19. The summed E-state index contributed by atoms with van der Waals surface area (Å²) in [5.41, 5.74) is 3.94. The van der Waals surface area contributed by atoms with Gasteiger partial charge in [-0.1, -0.05) is 18.6 Å². The van der Waals surface area contributed by atoms with Crippen molar-refractivity contribution in [2.45, 2.75) is 20.3 Å². The molecule has 1 nitrogen and oxygen atoms in total. The molecule has 2 aromatic carbocycles. The molecular weight excluding hydrogens is 373 g/mol. The van der Waals surface area contributed by atoms with E-state index in [0.717, 1.165) is 6.42 Å². The molecule has 0 amide bonds. The van der Waals surface area contributed by atoms with Gasteiger partial charge in [0.2, 0.25) is 0 Å². The maximum atomic E-state index is 4.89. The summed E-state index contributed by atoms with van der Waals surface area (Å²) in [5.74, 6) is 0. The van der Waals surface area contributed by atoms with E-state index >= 15 is 0 Å². The zero-order valence-electron chi connectivity index (χ0n) is 13.8. The molecule has 0 fully saturated rings. The van der Waals surface area contributed by atoms with Crippen LogP contribution in [0.1, 0.15) is 17.5 Å². The fourth-order valence-corrected chi connectivity index (χ4v) is 2.57. The Bertz CT molecular complexity index is 765. The molecule has 0 saturated carbocycles. The Kier molecular flexibility index (Phi) is 8.01. The van der Waals surface area contributed by atoms with E-state index in [1.54, 1.807) is 0 Å². The van der Waals surface area contributed by atoms with Gasteiger partial charge in [0, 0.05) is 12.4 Å². The molecule has 4 heteroatoms. The molecule has 124 valence electrons. The van der Waals surface area contributed by atoms with Gasteiger partial charge >= 0.3 is 35.6 Å². The number of allylic oxidation sites excluding steroid dienone is 4. The summed E-state index contributed by atoms with van der Waals surface area (Å²) < 4.78 is 2.15. The summed E-state index contributed by atoms with van der Waals surface area (Å²) in [5, 5.41) is 2.73. The number of fused-ring (bicyclic) bond motifs is 1. The molecule has 0 saturated heterocycles. The zero-order valence-corrected chi connectivity index (χ0v) is 16.8. The van der Waals surface area contributed by atoms with Crippen molar-refractivity contribution in [3.8, 4) is 5.69 Å². The van der Waals surface area contributed by atoms with Crippen LogP contribution in [0.15, 0.2) is 67.0 Å². The first-order chi connectivity index (χ1) is 11.7. The summed E-state index contributed by atoms with van der Waals surface area (Å²) >= 11 is -0.556. The Morgan fingerprint density at radius 1 is 1.12 bits per heavy atom. The minimum absolute atomic E-state index is 0.556. The minimum atomic E-state index is -0.556. The van der Waals surface area contributed by atoms with E-state index in [1.165, 1.54) is 27.6 Å². The quantitative estimate of drug-likeness (QED) is 0.323. The van der Waals surface area contributed by atoms with Crippen LogP contribution in [0.4, 0.5) is 0 Å². The van der Waals surface area contributed by atoms with Crippen molar-refractivity contribution < 1.29 is 17.0 Å². The Balaban J connectivity index is 0.000000217. The third-order valence-electron chi connectivity index (χ3n) is 3.80. The van der Waals surface area contributed by atoms with Crippen LogP contribution in [0.25, 0.3) is 16.5 Å². The fourth-order valence-electron chi connectivity index (χ4n) is 2.57. The van der Waals surface area contributed by atoms with Crippen molar-refractivity contribution in [2.75, 3.05) is 0 Å². The second kappa shape index (κ2) is 10.0. The van der Waals surface area contributed by atoms with E-state index < -0.39 is 17.0 Å². The molecular formula is C20H19Cl2NTi-2. The van der Waals surface area contributed by atoms with Crippen molar-refractivity contribution in [3.05, 3.63) is 84.2 Å². The molecule has 4 rings (SSSR count). The van der Waals surface area contributed by atoms with Gasteiger partial charge < -0.3 is 4.57 Å². The molecule has 0 bridgehead atoms. The second-order valence-corrected chi connectivity index (χ2v) is 7.98. The molecule has 0 unspecified atom stereocenters. The number of aromatic nitrogens is 1. The van der Waals surface area contributed by atoms with Gasteiger partial charge in [0.25, 0.3) is 0 Å². The first-order valence-corrected chi connectivity index (χ1v) is 11.9. The maximum absolute atomic E-state index is 4.89. The van der Waals surface area contributed by atoms with E-state index in [4.69, 9.17) is 18.6 Å². The number of nitrogens with zero attached hydrogens (tertiary/aromatic N) is 1. The van der Waals surface area contributed by atoms with Gasteiger partial charge in [-0.15, -0.1) is 41.0 Å². The van der Waals surface area contributed by atoms with Gasteiger partial charge in [-0.05, 0) is 24.7 Å². The molecule has 1 heterocycles. The van der Waals surface area contributed by atoms with Crippen LogP contribution in [-0.4, -0.2) is 4.57 Å². The molecule has 24 heavy (non-hydrogen) atoms. The Morgan fingerprint density at radius 2 is 1.79 bits per heavy atom. The molecule has 3 aromatic rings. The standard InChI is InChI=1S/C15H14N.C5H5.2ClH.Ti/c1-11-5-6-12(2)15-10-13(9-14(11)15)16-7-3-4-8-16;1-2-4-5-3-1;;;/h3-10H,1-2H3;1-3H,4H2;2*1H;/q2*-1;;;+2/p-2. The number of hydrogen-bond acceptors (Lipinski definition) is 0. The van der Waals surface area contributed by atoms with E-state index in [9.17, 15) is 0 Å². The molecule has 0 N–H and O–H groups in total. The molecule has 0 radical (unpaired) electrons. The van der Waals surface area contributed by atoms with Gasteiger partial charge in [0.05, 0.1) is 0 Å².